The molecule has 6 nitrogen and oxygen atoms in total. The number of halogens is 6. The van der Waals surface area contributed by atoms with Crippen LogP contribution in [0.1, 0.15) is 0 Å². The molecule has 1 aromatic carbocycles. The molecule has 12 heteroatoms. The van der Waals surface area contributed by atoms with Crippen LogP contribution >= 0.6 is 69.6 Å². The zero-order valence-corrected chi connectivity index (χ0v) is 18.0. The van der Waals surface area contributed by atoms with E-state index >= 15 is 0 Å². The Morgan fingerprint density at radius 2 is 1.54 bits per heavy atom. The average Bonchev–Trinajstić information content (AvgIpc) is 3.19. The Bertz CT molecular complexity index is 1100. The summed E-state index contributed by atoms with van der Waals surface area (Å²) in [5.74, 6) is -3.38. The molecule has 3 aliphatic rings. The lowest BCUT2D eigenvalue weighted by Crippen LogP contribution is -2.50. The summed E-state index contributed by atoms with van der Waals surface area (Å²) < 4.78 is -1.95. The zero-order chi connectivity index (χ0) is 20.4. The summed E-state index contributed by atoms with van der Waals surface area (Å²) in [4.78, 5) is 30.8. The van der Waals surface area contributed by atoms with Crippen molar-refractivity contribution in [3.05, 3.63) is 28.3 Å². The Morgan fingerprint density at radius 3 is 2.07 bits per heavy atom. The summed E-state index contributed by atoms with van der Waals surface area (Å²) in [6.07, 6.45) is 0. The lowest BCUT2D eigenvalue weighted by molar-refractivity contribution is -0.123. The summed E-state index contributed by atoms with van der Waals surface area (Å²) in [6.45, 7) is 0. The van der Waals surface area contributed by atoms with Crippen LogP contribution in [-0.4, -0.2) is 35.9 Å². The Hall–Kier alpha value is -0.890. The highest BCUT2D eigenvalue weighted by Gasteiger charge is 2.87. The first-order valence-electron chi connectivity index (χ1n) is 7.92. The van der Waals surface area contributed by atoms with Gasteiger partial charge in [0.2, 0.25) is 11.8 Å². The molecule has 2 fully saturated rings. The first kappa shape index (κ1) is 19.1. The van der Waals surface area contributed by atoms with E-state index in [-0.39, 0.29) is 16.0 Å². The van der Waals surface area contributed by atoms with Gasteiger partial charge in [-0.1, -0.05) is 46.4 Å². The molecule has 3 N–H and O–H groups in total. The summed E-state index contributed by atoms with van der Waals surface area (Å²) >= 11 is 38.8. The molecule has 1 aliphatic heterocycles. The van der Waals surface area contributed by atoms with E-state index in [2.05, 4.69) is 9.97 Å². The van der Waals surface area contributed by atoms with Crippen molar-refractivity contribution in [2.75, 3.05) is 10.6 Å². The molecule has 2 unspecified atom stereocenters. The SMILES string of the molecule is Nc1nc2ccc(N3C(=O)[C@@H]4[C@H](C3=O)C3(Cl)C(Cl)=C(Cl)C4(Cl)C3(Cl)Cl)cc2[nH]1. The number of nitrogens with zero attached hydrogens (tertiary/aromatic N) is 2. The number of alkyl halides is 4. The summed E-state index contributed by atoms with van der Waals surface area (Å²) in [5, 5.41) is -0.256. The third-order valence-electron chi connectivity index (χ3n) is 5.65. The van der Waals surface area contributed by atoms with Gasteiger partial charge >= 0.3 is 0 Å². The molecule has 28 heavy (non-hydrogen) atoms. The molecule has 1 aromatic heterocycles. The molecule has 2 amide bonds. The van der Waals surface area contributed by atoms with E-state index in [4.69, 9.17) is 75.3 Å². The molecule has 2 aliphatic carbocycles. The molecule has 2 bridgehead atoms. The number of aromatic amines is 1. The number of nitrogen functional groups attached to an aromatic ring is 1. The Balaban J connectivity index is 1.68. The smallest absolute Gasteiger partial charge is 0.240 e. The molecule has 4 atom stereocenters. The number of H-pyrrole nitrogens is 1. The fourth-order valence-electron chi connectivity index (χ4n) is 4.41. The number of imidazole rings is 1. The Labute approximate surface area is 187 Å². The Morgan fingerprint density at radius 1 is 1.00 bits per heavy atom. The van der Waals surface area contributed by atoms with Crippen LogP contribution < -0.4 is 10.6 Å². The maximum absolute atomic E-state index is 13.3. The van der Waals surface area contributed by atoms with Gasteiger partial charge in [0.25, 0.3) is 0 Å². The van der Waals surface area contributed by atoms with Crippen LogP contribution in [0.2, 0.25) is 0 Å². The standard InChI is InChI=1S/C16H8Cl6N4O2/c17-9-10(18)15(20)8-7(14(9,19)16(15,21)22)11(27)26(12(8)28)4-1-2-5-6(3-4)25-13(23)24-5/h1-3,7-8H,(H3,23,24,25)/t7-,8+,14?,15?. The number of allylic oxidation sites excluding steroid dienone is 2. The second-order valence-corrected chi connectivity index (χ2v) is 10.2. The maximum Gasteiger partial charge on any atom is 0.240 e. The first-order chi connectivity index (χ1) is 13.0. The molecule has 1 saturated carbocycles. The monoisotopic (exact) mass is 498 g/mol. The van der Waals surface area contributed by atoms with Crippen LogP contribution in [0, 0.1) is 11.8 Å². The number of rotatable bonds is 1. The number of hydrogen-bond donors (Lipinski definition) is 2. The number of aromatic nitrogens is 2. The molecular formula is C16H8Cl6N4O2. The third kappa shape index (κ3) is 1.80. The number of anilines is 2. The van der Waals surface area contributed by atoms with E-state index in [0.29, 0.717) is 16.7 Å². The fourth-order valence-corrected chi connectivity index (χ4v) is 7.34. The summed E-state index contributed by atoms with van der Waals surface area (Å²) in [7, 11) is 0. The average molecular weight is 501 g/mol. The van der Waals surface area contributed by atoms with Gasteiger partial charge in [0.1, 0.15) is 9.75 Å². The number of benzene rings is 1. The van der Waals surface area contributed by atoms with Gasteiger partial charge in [-0.15, -0.1) is 23.2 Å². The highest BCUT2D eigenvalue weighted by molar-refractivity contribution is 6.67. The number of nitrogens with one attached hydrogen (secondary N) is 1. The second-order valence-electron chi connectivity index (χ2n) is 6.92. The molecule has 146 valence electrons. The molecular weight excluding hydrogens is 493 g/mol. The lowest BCUT2D eigenvalue weighted by Gasteiger charge is -2.34. The van der Waals surface area contributed by atoms with Gasteiger partial charge in [-0.05, 0) is 18.2 Å². The van der Waals surface area contributed by atoms with Crippen molar-refractivity contribution in [1.82, 2.24) is 9.97 Å². The topological polar surface area (TPSA) is 92.1 Å². The molecule has 2 aromatic rings. The molecule has 1 saturated heterocycles. The Kier molecular flexibility index (Phi) is 3.70. The predicted octanol–water partition coefficient (Wildman–Crippen LogP) is 4.10. The van der Waals surface area contributed by atoms with Crippen LogP contribution in [0.15, 0.2) is 28.3 Å². The zero-order valence-electron chi connectivity index (χ0n) is 13.4. The van der Waals surface area contributed by atoms with Crippen LogP contribution in [0.3, 0.4) is 0 Å². The van der Waals surface area contributed by atoms with Crippen molar-refractivity contribution in [3.63, 3.8) is 0 Å². The third-order valence-corrected chi connectivity index (χ3v) is 9.91. The minimum absolute atomic E-state index is 0.128. The van der Waals surface area contributed by atoms with Gasteiger partial charge in [-0.2, -0.15) is 0 Å². The van der Waals surface area contributed by atoms with Crippen molar-refractivity contribution in [3.8, 4) is 0 Å². The van der Waals surface area contributed by atoms with Crippen LogP contribution in [0.25, 0.3) is 11.0 Å². The van der Waals surface area contributed by atoms with Crippen molar-refractivity contribution in [1.29, 1.82) is 0 Å². The molecule has 0 spiro atoms. The van der Waals surface area contributed by atoms with Crippen LogP contribution in [0.4, 0.5) is 11.6 Å². The van der Waals surface area contributed by atoms with E-state index in [9.17, 15) is 9.59 Å². The van der Waals surface area contributed by atoms with Crippen molar-refractivity contribution >= 4 is 104 Å². The summed E-state index contributed by atoms with van der Waals surface area (Å²) in [6, 6.07) is 4.76. The minimum atomic E-state index is -1.95. The quantitative estimate of drug-likeness (QED) is 0.455. The largest absolute Gasteiger partial charge is 0.369 e. The number of hydrogen-bond acceptors (Lipinski definition) is 4. The van der Waals surface area contributed by atoms with E-state index < -0.39 is 37.7 Å². The van der Waals surface area contributed by atoms with Gasteiger partial charge in [0, 0.05) is 0 Å². The van der Waals surface area contributed by atoms with Gasteiger partial charge in [0.15, 0.2) is 10.3 Å². The van der Waals surface area contributed by atoms with E-state index in [1.54, 1.807) is 18.2 Å². The number of nitrogens with two attached hydrogens (primary N) is 1. The number of carbonyl (C=O) groups excluding carboxylic acids is 2. The molecule has 0 radical (unpaired) electrons. The van der Waals surface area contributed by atoms with Crippen molar-refractivity contribution < 1.29 is 9.59 Å². The number of imide groups is 1. The number of fused-ring (bicyclic) bond motifs is 6. The number of carbonyl (C=O) groups is 2. The molecule has 2 heterocycles. The normalized spacial score (nSPS) is 36.1. The van der Waals surface area contributed by atoms with Crippen LogP contribution in [0.5, 0.6) is 0 Å². The minimum Gasteiger partial charge on any atom is -0.369 e. The highest BCUT2D eigenvalue weighted by Crippen LogP contribution is 2.77. The highest BCUT2D eigenvalue weighted by atomic mass is 35.5. The fraction of sp³-hybridized carbons (Fsp3) is 0.312. The first-order valence-corrected chi connectivity index (χ1v) is 10.2. The number of amides is 2. The van der Waals surface area contributed by atoms with E-state index in [1.165, 1.54) is 0 Å². The van der Waals surface area contributed by atoms with Crippen molar-refractivity contribution in [2.24, 2.45) is 11.8 Å². The van der Waals surface area contributed by atoms with Gasteiger partial charge < -0.3 is 10.7 Å². The van der Waals surface area contributed by atoms with Gasteiger partial charge in [0.05, 0.1) is 38.6 Å². The van der Waals surface area contributed by atoms with Crippen LogP contribution in [-0.2, 0) is 9.59 Å². The molecule has 5 rings (SSSR count). The van der Waals surface area contributed by atoms with Crippen molar-refractivity contribution in [2.45, 2.75) is 14.1 Å². The van der Waals surface area contributed by atoms with E-state index in [0.717, 1.165) is 4.90 Å². The predicted molar refractivity (Wildman–Crippen MR) is 110 cm³/mol. The maximum atomic E-state index is 13.3. The van der Waals surface area contributed by atoms with E-state index in [1.807, 2.05) is 0 Å². The van der Waals surface area contributed by atoms with Gasteiger partial charge in [-0.25, -0.2) is 9.88 Å². The second kappa shape index (κ2) is 5.42. The summed E-state index contributed by atoms with van der Waals surface area (Å²) in [5.41, 5.74) is 7.08. The van der Waals surface area contributed by atoms with Gasteiger partial charge in [-0.3, -0.25) is 9.59 Å². The lowest BCUT2D eigenvalue weighted by atomic mass is 9.84.